The molecule has 3 heteroatoms. The molecule has 0 fully saturated rings. The zero-order valence-electron chi connectivity index (χ0n) is 7.29. The molecule has 68 valence electrons. The Hall–Kier alpha value is -1.35. The van der Waals surface area contributed by atoms with Crippen molar-refractivity contribution >= 4 is 37.6 Å². The van der Waals surface area contributed by atoms with E-state index in [0.717, 1.165) is 15.4 Å². The minimum atomic E-state index is 1.10. The van der Waals surface area contributed by atoms with E-state index in [4.69, 9.17) is 0 Å². The summed E-state index contributed by atoms with van der Waals surface area (Å²) in [6.07, 6.45) is 1.84. The number of aromatic nitrogens is 2. The van der Waals surface area contributed by atoms with Gasteiger partial charge in [-0.3, -0.25) is 5.10 Å². The second-order valence-corrected chi connectivity index (χ2v) is 4.18. The van der Waals surface area contributed by atoms with Gasteiger partial charge in [-0.1, -0.05) is 34.1 Å². The van der Waals surface area contributed by atoms with Crippen molar-refractivity contribution in [3.8, 4) is 0 Å². The quantitative estimate of drug-likeness (QED) is 0.647. The van der Waals surface area contributed by atoms with Gasteiger partial charge in [0.15, 0.2) is 0 Å². The van der Waals surface area contributed by atoms with Crippen LogP contribution in [0.25, 0.3) is 21.7 Å². The molecule has 0 amide bonds. The molecule has 0 spiro atoms. The van der Waals surface area contributed by atoms with Crippen molar-refractivity contribution in [2.45, 2.75) is 0 Å². The van der Waals surface area contributed by atoms with Crippen LogP contribution < -0.4 is 0 Å². The average Bonchev–Trinajstić information content (AvgIpc) is 2.65. The summed E-state index contributed by atoms with van der Waals surface area (Å²) in [5.74, 6) is 0. The number of benzene rings is 2. The summed E-state index contributed by atoms with van der Waals surface area (Å²) in [6, 6.07) is 10.4. The molecule has 0 aliphatic carbocycles. The Morgan fingerprint density at radius 2 is 1.93 bits per heavy atom. The highest BCUT2D eigenvalue weighted by molar-refractivity contribution is 9.10. The van der Waals surface area contributed by atoms with Crippen LogP contribution in [0.2, 0.25) is 0 Å². The van der Waals surface area contributed by atoms with E-state index in [0.29, 0.717) is 0 Å². The molecule has 0 atom stereocenters. The Morgan fingerprint density at radius 1 is 1.07 bits per heavy atom. The molecular weight excluding hydrogens is 240 g/mol. The molecule has 1 aromatic heterocycles. The zero-order chi connectivity index (χ0) is 9.54. The lowest BCUT2D eigenvalue weighted by molar-refractivity contribution is 1.12. The summed E-state index contributed by atoms with van der Waals surface area (Å²) in [5, 5.41) is 10.6. The van der Waals surface area contributed by atoms with Gasteiger partial charge in [-0.05, 0) is 17.5 Å². The first-order chi connectivity index (χ1) is 6.84. The second kappa shape index (κ2) is 2.82. The van der Waals surface area contributed by atoms with Crippen LogP contribution in [-0.4, -0.2) is 10.2 Å². The number of hydrogen-bond acceptors (Lipinski definition) is 1. The van der Waals surface area contributed by atoms with Crippen molar-refractivity contribution in [1.29, 1.82) is 0 Å². The van der Waals surface area contributed by atoms with Crippen molar-refractivity contribution in [3.63, 3.8) is 0 Å². The first-order valence-corrected chi connectivity index (χ1v) is 5.15. The molecule has 0 bridgehead atoms. The highest BCUT2D eigenvalue weighted by atomic mass is 79.9. The van der Waals surface area contributed by atoms with Crippen molar-refractivity contribution in [3.05, 3.63) is 41.0 Å². The normalized spacial score (nSPS) is 11.2. The molecule has 0 radical (unpaired) electrons. The molecule has 0 unspecified atom stereocenters. The predicted molar refractivity (Wildman–Crippen MR) is 61.3 cm³/mol. The maximum atomic E-state index is 4.04. The molecule has 3 aromatic rings. The summed E-state index contributed by atoms with van der Waals surface area (Å²) >= 11 is 3.46. The Labute approximate surface area is 89.1 Å². The number of nitrogens with one attached hydrogen (secondary N) is 1. The highest BCUT2D eigenvalue weighted by Crippen LogP contribution is 2.25. The maximum absolute atomic E-state index is 4.04. The van der Waals surface area contributed by atoms with Gasteiger partial charge in [0.05, 0.1) is 11.7 Å². The SMILES string of the molecule is Brc1ccc2c(ccc3cn[nH]c32)c1. The molecule has 14 heavy (non-hydrogen) atoms. The summed E-state index contributed by atoms with van der Waals surface area (Å²) in [6.45, 7) is 0. The predicted octanol–water partition coefficient (Wildman–Crippen LogP) is 3.48. The third-order valence-corrected chi connectivity index (χ3v) is 2.89. The van der Waals surface area contributed by atoms with Crippen LogP contribution in [-0.2, 0) is 0 Å². The van der Waals surface area contributed by atoms with Crippen LogP contribution in [0, 0.1) is 0 Å². The fourth-order valence-electron chi connectivity index (χ4n) is 1.72. The standard InChI is InChI=1S/C11H7BrN2/c12-9-3-4-10-7(5-9)1-2-8-6-13-14-11(8)10/h1-6H,(H,13,14). The summed E-state index contributed by atoms with van der Waals surface area (Å²) < 4.78 is 1.10. The average molecular weight is 247 g/mol. The fraction of sp³-hybridized carbons (Fsp3) is 0. The van der Waals surface area contributed by atoms with Crippen LogP contribution in [0.5, 0.6) is 0 Å². The van der Waals surface area contributed by atoms with Crippen molar-refractivity contribution in [2.24, 2.45) is 0 Å². The van der Waals surface area contributed by atoms with E-state index in [1.54, 1.807) is 0 Å². The molecule has 0 aliphatic rings. The number of aromatic amines is 1. The first kappa shape index (κ1) is 8.00. The first-order valence-electron chi connectivity index (χ1n) is 4.36. The number of rotatable bonds is 0. The van der Waals surface area contributed by atoms with Crippen LogP contribution in [0.3, 0.4) is 0 Å². The summed E-state index contributed by atoms with van der Waals surface area (Å²) in [5.41, 5.74) is 1.11. The van der Waals surface area contributed by atoms with E-state index in [9.17, 15) is 0 Å². The van der Waals surface area contributed by atoms with Crippen LogP contribution in [0.1, 0.15) is 0 Å². The Morgan fingerprint density at radius 3 is 2.86 bits per heavy atom. The summed E-state index contributed by atoms with van der Waals surface area (Å²) in [4.78, 5) is 0. The topological polar surface area (TPSA) is 28.7 Å². The molecule has 2 nitrogen and oxygen atoms in total. The molecular formula is C11H7BrN2. The Kier molecular flexibility index (Phi) is 1.61. The second-order valence-electron chi connectivity index (χ2n) is 3.27. The smallest absolute Gasteiger partial charge is 0.0728 e. The van der Waals surface area contributed by atoms with Crippen molar-refractivity contribution < 1.29 is 0 Å². The third kappa shape index (κ3) is 1.06. The minimum Gasteiger partial charge on any atom is -0.277 e. The van der Waals surface area contributed by atoms with E-state index < -0.39 is 0 Å². The lowest BCUT2D eigenvalue weighted by Gasteiger charge is -1.99. The zero-order valence-corrected chi connectivity index (χ0v) is 8.88. The van der Waals surface area contributed by atoms with Gasteiger partial charge in [-0.15, -0.1) is 0 Å². The molecule has 3 rings (SSSR count). The summed E-state index contributed by atoms with van der Waals surface area (Å²) in [7, 11) is 0. The Balaban J connectivity index is 2.57. The van der Waals surface area contributed by atoms with Gasteiger partial charge in [0.25, 0.3) is 0 Å². The van der Waals surface area contributed by atoms with E-state index in [2.05, 4.69) is 50.4 Å². The lowest BCUT2D eigenvalue weighted by atomic mass is 10.1. The molecule has 0 saturated carbocycles. The fourth-order valence-corrected chi connectivity index (χ4v) is 2.10. The van der Waals surface area contributed by atoms with Gasteiger partial charge in [0, 0.05) is 15.2 Å². The number of fused-ring (bicyclic) bond motifs is 3. The monoisotopic (exact) mass is 246 g/mol. The van der Waals surface area contributed by atoms with Crippen LogP contribution in [0.15, 0.2) is 41.0 Å². The third-order valence-electron chi connectivity index (χ3n) is 2.39. The van der Waals surface area contributed by atoms with Gasteiger partial charge < -0.3 is 0 Å². The van der Waals surface area contributed by atoms with E-state index in [1.165, 1.54) is 10.8 Å². The Bertz CT molecular complexity index is 613. The number of halogens is 1. The molecule has 1 heterocycles. The number of nitrogens with zero attached hydrogens (tertiary/aromatic N) is 1. The molecule has 1 N–H and O–H groups in total. The van der Waals surface area contributed by atoms with E-state index in [-0.39, 0.29) is 0 Å². The number of H-pyrrole nitrogens is 1. The molecule has 0 aliphatic heterocycles. The van der Waals surface area contributed by atoms with Gasteiger partial charge in [0.1, 0.15) is 0 Å². The minimum absolute atomic E-state index is 1.10. The van der Waals surface area contributed by atoms with Crippen LogP contribution >= 0.6 is 15.9 Å². The van der Waals surface area contributed by atoms with Gasteiger partial charge >= 0.3 is 0 Å². The highest BCUT2D eigenvalue weighted by Gasteiger charge is 2.01. The van der Waals surface area contributed by atoms with Gasteiger partial charge in [-0.25, -0.2) is 0 Å². The van der Waals surface area contributed by atoms with E-state index in [1.807, 2.05) is 12.3 Å². The van der Waals surface area contributed by atoms with Gasteiger partial charge in [0.2, 0.25) is 0 Å². The van der Waals surface area contributed by atoms with Crippen molar-refractivity contribution in [1.82, 2.24) is 10.2 Å². The lowest BCUT2D eigenvalue weighted by Crippen LogP contribution is -1.75. The number of hydrogen-bond donors (Lipinski definition) is 1. The van der Waals surface area contributed by atoms with Crippen molar-refractivity contribution in [2.75, 3.05) is 0 Å². The van der Waals surface area contributed by atoms with Gasteiger partial charge in [-0.2, -0.15) is 5.10 Å². The van der Waals surface area contributed by atoms with E-state index >= 15 is 0 Å². The largest absolute Gasteiger partial charge is 0.277 e. The molecule has 0 saturated heterocycles. The molecule has 2 aromatic carbocycles. The van der Waals surface area contributed by atoms with Crippen LogP contribution in [0.4, 0.5) is 0 Å². The maximum Gasteiger partial charge on any atom is 0.0728 e.